The Morgan fingerprint density at radius 1 is 0.923 bits per heavy atom. The number of hydrogen-bond acceptors (Lipinski definition) is 9. The van der Waals surface area contributed by atoms with E-state index in [-0.39, 0.29) is 31.8 Å². The molecule has 1 aromatic rings. The van der Waals surface area contributed by atoms with Crippen LogP contribution in [0.4, 0.5) is 0 Å². The Morgan fingerprint density at radius 3 is 2.13 bits per heavy atom. The number of aliphatic imine (C=N–C) groups is 1. The summed E-state index contributed by atoms with van der Waals surface area (Å²) >= 11 is 0. The molecule has 0 aliphatic carbocycles. The number of carboxylic acids is 1. The van der Waals surface area contributed by atoms with Gasteiger partial charge in [0.15, 0.2) is 5.96 Å². The van der Waals surface area contributed by atoms with Crippen molar-refractivity contribution in [2.24, 2.45) is 33.7 Å². The van der Waals surface area contributed by atoms with E-state index in [0.717, 1.165) is 0 Å². The number of rotatable bonds is 19. The maximum Gasteiger partial charge on any atom is 0.326 e. The lowest BCUT2D eigenvalue weighted by molar-refractivity contribution is -0.143. The summed E-state index contributed by atoms with van der Waals surface area (Å²) < 4.78 is 0. The lowest BCUT2D eigenvalue weighted by Gasteiger charge is -2.25. The lowest BCUT2D eigenvalue weighted by atomic mass is 10.1. The molecule has 0 radical (unpaired) electrons. The van der Waals surface area contributed by atoms with E-state index in [9.17, 15) is 29.1 Å². The number of amides is 4. The zero-order chi connectivity index (χ0) is 29.4. The Labute approximate surface area is 225 Å². The van der Waals surface area contributed by atoms with Crippen molar-refractivity contribution in [2.75, 3.05) is 13.1 Å². The fourth-order valence-electron chi connectivity index (χ4n) is 3.46. The van der Waals surface area contributed by atoms with Gasteiger partial charge in [0.25, 0.3) is 0 Å². The SMILES string of the molecule is NCCCCC(N)C(=O)NC(Cc1cnc[nH]1)C(=O)NC(CCCN=C(N)N)C(=O)NC(CC(N)=O)C(=O)O. The van der Waals surface area contributed by atoms with Crippen LogP contribution in [0.5, 0.6) is 0 Å². The molecule has 17 heteroatoms. The van der Waals surface area contributed by atoms with E-state index in [2.05, 4.69) is 30.9 Å². The minimum Gasteiger partial charge on any atom is -0.480 e. The molecule has 0 fully saturated rings. The molecule has 0 aliphatic rings. The molecule has 4 atom stereocenters. The van der Waals surface area contributed by atoms with Gasteiger partial charge in [-0.3, -0.25) is 24.2 Å². The van der Waals surface area contributed by atoms with Gasteiger partial charge >= 0.3 is 5.97 Å². The summed E-state index contributed by atoms with van der Waals surface area (Å²) in [5.41, 5.74) is 27.7. The molecule has 4 amide bonds. The van der Waals surface area contributed by atoms with Crippen molar-refractivity contribution >= 4 is 35.6 Å². The molecule has 0 saturated carbocycles. The summed E-state index contributed by atoms with van der Waals surface area (Å²) in [4.78, 5) is 72.2. The first-order chi connectivity index (χ1) is 18.4. The number of nitrogens with two attached hydrogens (primary N) is 5. The van der Waals surface area contributed by atoms with Crippen LogP contribution in [0.15, 0.2) is 17.5 Å². The molecule has 218 valence electrons. The Balaban J connectivity index is 3.08. The van der Waals surface area contributed by atoms with Crippen molar-refractivity contribution in [3.05, 3.63) is 18.2 Å². The molecule has 1 heterocycles. The standard InChI is InChI=1S/C22H39N11O6/c23-6-2-1-4-13(24)18(35)32-15(8-12-10-28-11-30-12)20(37)31-14(5-3-7-29-22(26)27)19(36)33-16(21(38)39)9-17(25)34/h10-11,13-16H,1-9,23-24H2,(H2,25,34)(H,28,30)(H,31,37)(H,32,35)(H,33,36)(H,38,39)(H4,26,27,29). The van der Waals surface area contributed by atoms with E-state index >= 15 is 0 Å². The quantitative estimate of drug-likeness (QED) is 0.0445. The van der Waals surface area contributed by atoms with Gasteiger partial charge in [-0.15, -0.1) is 0 Å². The van der Waals surface area contributed by atoms with Gasteiger partial charge in [-0.1, -0.05) is 6.42 Å². The molecule has 0 bridgehead atoms. The van der Waals surface area contributed by atoms with Crippen LogP contribution in [0.1, 0.15) is 44.2 Å². The molecule has 4 unspecified atom stereocenters. The topological polar surface area (TPSA) is 313 Å². The number of hydrogen-bond donors (Lipinski definition) is 10. The molecular formula is C22H39N11O6. The fourth-order valence-corrected chi connectivity index (χ4v) is 3.46. The average molecular weight is 554 g/mol. The Morgan fingerprint density at radius 2 is 1.56 bits per heavy atom. The number of H-pyrrole nitrogens is 1. The number of carbonyl (C=O) groups excluding carboxylic acids is 4. The first-order valence-corrected chi connectivity index (χ1v) is 12.3. The number of aliphatic carboxylic acids is 1. The van der Waals surface area contributed by atoms with Crippen molar-refractivity contribution < 1.29 is 29.1 Å². The van der Waals surface area contributed by atoms with Gasteiger partial charge in [-0.2, -0.15) is 0 Å². The number of primary amides is 1. The first kappa shape index (κ1) is 32.8. The Hall–Kier alpha value is -4.25. The molecule has 15 N–H and O–H groups in total. The van der Waals surface area contributed by atoms with Crippen molar-refractivity contribution in [3.8, 4) is 0 Å². The van der Waals surface area contributed by atoms with Crippen LogP contribution < -0.4 is 44.6 Å². The summed E-state index contributed by atoms with van der Waals surface area (Å²) in [6.45, 7) is 0.575. The minimum absolute atomic E-state index is 0.000586. The highest BCUT2D eigenvalue weighted by molar-refractivity contribution is 5.95. The highest BCUT2D eigenvalue weighted by atomic mass is 16.4. The Kier molecular flexibility index (Phi) is 14.5. The fraction of sp³-hybridized carbons (Fsp3) is 0.591. The number of aromatic nitrogens is 2. The average Bonchev–Trinajstić information content (AvgIpc) is 3.37. The number of guanidine groups is 1. The molecule has 1 rings (SSSR count). The number of carboxylic acid groups (broad SMARTS) is 1. The monoisotopic (exact) mass is 553 g/mol. The largest absolute Gasteiger partial charge is 0.480 e. The smallest absolute Gasteiger partial charge is 0.326 e. The summed E-state index contributed by atoms with van der Waals surface area (Å²) in [5.74, 6) is -4.80. The molecule has 0 saturated heterocycles. The van der Waals surface area contributed by atoms with Crippen molar-refractivity contribution in [1.82, 2.24) is 25.9 Å². The number of nitrogens with one attached hydrogen (secondary N) is 4. The second-order valence-corrected chi connectivity index (χ2v) is 8.81. The highest BCUT2D eigenvalue weighted by Gasteiger charge is 2.31. The van der Waals surface area contributed by atoms with Gasteiger partial charge in [0.2, 0.25) is 23.6 Å². The van der Waals surface area contributed by atoms with Gasteiger partial charge < -0.3 is 54.7 Å². The van der Waals surface area contributed by atoms with Gasteiger partial charge in [0, 0.05) is 24.9 Å². The lowest BCUT2D eigenvalue weighted by Crippen LogP contribution is -2.57. The van der Waals surface area contributed by atoms with E-state index in [4.69, 9.17) is 28.7 Å². The van der Waals surface area contributed by atoms with Crippen LogP contribution in [0.25, 0.3) is 0 Å². The summed E-state index contributed by atoms with van der Waals surface area (Å²) in [6.07, 6.45) is 4.09. The second-order valence-electron chi connectivity index (χ2n) is 8.81. The molecule has 0 aliphatic heterocycles. The number of aromatic amines is 1. The predicted octanol–water partition coefficient (Wildman–Crippen LogP) is -4.12. The number of nitrogens with zero attached hydrogens (tertiary/aromatic N) is 2. The maximum atomic E-state index is 13.3. The van der Waals surface area contributed by atoms with Crippen LogP contribution in [0.2, 0.25) is 0 Å². The molecule has 39 heavy (non-hydrogen) atoms. The summed E-state index contributed by atoms with van der Waals surface area (Å²) in [5, 5.41) is 16.7. The third-order valence-electron chi connectivity index (χ3n) is 5.52. The molecule has 17 nitrogen and oxygen atoms in total. The Bertz CT molecular complexity index is 981. The highest BCUT2D eigenvalue weighted by Crippen LogP contribution is 2.06. The first-order valence-electron chi connectivity index (χ1n) is 12.3. The third-order valence-corrected chi connectivity index (χ3v) is 5.52. The number of imidazole rings is 1. The van der Waals surface area contributed by atoms with Crippen molar-refractivity contribution in [2.45, 2.75) is 69.1 Å². The van der Waals surface area contributed by atoms with E-state index in [1.807, 2.05) is 0 Å². The summed E-state index contributed by atoms with van der Waals surface area (Å²) in [7, 11) is 0. The number of unbranched alkanes of at least 4 members (excludes halogenated alkanes) is 1. The minimum atomic E-state index is -1.61. The molecule has 1 aromatic heterocycles. The molecule has 0 spiro atoms. The summed E-state index contributed by atoms with van der Waals surface area (Å²) in [6, 6.07) is -4.93. The second kappa shape index (κ2) is 17.3. The van der Waals surface area contributed by atoms with E-state index < -0.39 is 60.2 Å². The van der Waals surface area contributed by atoms with Crippen LogP contribution >= 0.6 is 0 Å². The van der Waals surface area contributed by atoms with Crippen molar-refractivity contribution in [1.29, 1.82) is 0 Å². The van der Waals surface area contributed by atoms with Crippen LogP contribution in [-0.2, 0) is 30.4 Å². The van der Waals surface area contributed by atoms with E-state index in [1.165, 1.54) is 12.5 Å². The van der Waals surface area contributed by atoms with Gasteiger partial charge in [-0.05, 0) is 32.2 Å². The van der Waals surface area contributed by atoms with Gasteiger partial charge in [0.05, 0.1) is 18.8 Å². The van der Waals surface area contributed by atoms with Crippen LogP contribution in [0.3, 0.4) is 0 Å². The van der Waals surface area contributed by atoms with Crippen molar-refractivity contribution in [3.63, 3.8) is 0 Å². The van der Waals surface area contributed by atoms with E-state index in [1.54, 1.807) is 0 Å². The van der Waals surface area contributed by atoms with E-state index in [0.29, 0.717) is 31.5 Å². The zero-order valence-electron chi connectivity index (χ0n) is 21.6. The molecule has 0 aromatic carbocycles. The molecular weight excluding hydrogens is 514 g/mol. The number of carbonyl (C=O) groups is 5. The van der Waals surface area contributed by atoms with Crippen LogP contribution in [0, 0.1) is 0 Å². The van der Waals surface area contributed by atoms with Gasteiger partial charge in [0.1, 0.15) is 18.1 Å². The normalized spacial score (nSPS) is 13.8. The van der Waals surface area contributed by atoms with Crippen LogP contribution in [-0.4, -0.2) is 87.9 Å². The zero-order valence-corrected chi connectivity index (χ0v) is 21.6. The maximum absolute atomic E-state index is 13.3. The van der Waals surface area contributed by atoms with Gasteiger partial charge in [-0.25, -0.2) is 9.78 Å². The predicted molar refractivity (Wildman–Crippen MR) is 140 cm³/mol. The third kappa shape index (κ3) is 13.2.